The normalized spacial score (nSPS) is 12.3. The van der Waals surface area contributed by atoms with Crippen molar-refractivity contribution in [3.63, 3.8) is 0 Å². The molecule has 0 radical (unpaired) electrons. The van der Waals surface area contributed by atoms with E-state index in [0.29, 0.717) is 15.7 Å². The van der Waals surface area contributed by atoms with Crippen LogP contribution in [-0.2, 0) is 4.79 Å². The molecule has 1 amide bonds. The topological polar surface area (TPSA) is 54.3 Å². The van der Waals surface area contributed by atoms with E-state index in [1.54, 1.807) is 18.2 Å². The first kappa shape index (κ1) is 16.8. The molecule has 6 heteroatoms. The van der Waals surface area contributed by atoms with E-state index < -0.39 is 0 Å². The van der Waals surface area contributed by atoms with Crippen LogP contribution >= 0.6 is 23.2 Å². The quantitative estimate of drug-likeness (QED) is 0.669. The van der Waals surface area contributed by atoms with E-state index >= 15 is 0 Å². The Morgan fingerprint density at radius 1 is 1.17 bits per heavy atom. The molecule has 2 aromatic carbocycles. The second kappa shape index (κ2) is 7.26. The molecular weight excluding hydrogens is 347 g/mol. The Balaban J connectivity index is 1.59. The monoisotopic (exact) mass is 362 g/mol. The number of halogens is 2. The number of hydrogen-bond acceptors (Lipinski definition) is 3. The van der Waals surface area contributed by atoms with Gasteiger partial charge in [-0.25, -0.2) is 0 Å². The number of hydrogen-bond donors (Lipinski definition) is 2. The third-order valence-corrected chi connectivity index (χ3v) is 4.19. The lowest BCUT2D eigenvalue weighted by molar-refractivity contribution is -0.115. The van der Waals surface area contributed by atoms with Gasteiger partial charge in [-0.2, -0.15) is 0 Å². The Bertz CT molecular complexity index is 843. The number of rotatable bonds is 5. The molecule has 0 saturated carbocycles. The van der Waals surface area contributed by atoms with Gasteiger partial charge in [0.05, 0.1) is 23.3 Å². The lowest BCUT2D eigenvalue weighted by Gasteiger charge is -2.12. The molecule has 0 bridgehead atoms. The van der Waals surface area contributed by atoms with Crippen LogP contribution in [0, 0.1) is 0 Å². The minimum atomic E-state index is -0.192. The summed E-state index contributed by atoms with van der Waals surface area (Å²) in [4.78, 5) is 12.1. The number of para-hydroxylation sites is 1. The van der Waals surface area contributed by atoms with E-state index in [9.17, 15) is 4.79 Å². The molecule has 1 aromatic heterocycles. The molecule has 0 saturated heterocycles. The number of fused-ring (bicyclic) bond motifs is 1. The van der Waals surface area contributed by atoms with Crippen LogP contribution < -0.4 is 10.6 Å². The van der Waals surface area contributed by atoms with Crippen LogP contribution in [-0.4, -0.2) is 12.5 Å². The van der Waals surface area contributed by atoms with Gasteiger partial charge in [-0.1, -0.05) is 41.4 Å². The standard InChI is InChI=1S/C18H16Cl2N2O2/c1-11(17-8-12-4-2-3-5-16(12)24-17)21-10-18(23)22-15-7-6-13(19)9-14(15)20/h2-9,11,21H,10H2,1H3,(H,22,23). The van der Waals surface area contributed by atoms with Crippen molar-refractivity contribution < 1.29 is 9.21 Å². The van der Waals surface area contributed by atoms with Crippen molar-refractivity contribution in [1.82, 2.24) is 5.32 Å². The van der Waals surface area contributed by atoms with Crippen molar-refractivity contribution in [2.75, 3.05) is 11.9 Å². The Hall–Kier alpha value is -2.01. The van der Waals surface area contributed by atoms with Gasteiger partial charge in [0.1, 0.15) is 11.3 Å². The highest BCUT2D eigenvalue weighted by Crippen LogP contribution is 2.25. The average molecular weight is 363 g/mol. The summed E-state index contributed by atoms with van der Waals surface area (Å²) in [6.45, 7) is 2.08. The van der Waals surface area contributed by atoms with E-state index in [1.165, 1.54) is 0 Å². The third kappa shape index (κ3) is 3.90. The molecule has 4 nitrogen and oxygen atoms in total. The molecular formula is C18H16Cl2N2O2. The number of amides is 1. The van der Waals surface area contributed by atoms with Gasteiger partial charge in [0.25, 0.3) is 0 Å². The SMILES string of the molecule is CC(NCC(=O)Nc1ccc(Cl)cc1Cl)c1cc2ccccc2o1. The van der Waals surface area contributed by atoms with Crippen molar-refractivity contribution >= 4 is 45.8 Å². The van der Waals surface area contributed by atoms with E-state index in [-0.39, 0.29) is 18.5 Å². The summed E-state index contributed by atoms with van der Waals surface area (Å²) >= 11 is 11.9. The van der Waals surface area contributed by atoms with Gasteiger partial charge in [0, 0.05) is 10.4 Å². The molecule has 0 fully saturated rings. The largest absolute Gasteiger partial charge is 0.459 e. The molecule has 1 unspecified atom stereocenters. The number of benzene rings is 2. The van der Waals surface area contributed by atoms with Gasteiger partial charge in [-0.3, -0.25) is 10.1 Å². The second-order valence-electron chi connectivity index (χ2n) is 5.46. The number of anilines is 1. The minimum absolute atomic E-state index is 0.0937. The predicted molar refractivity (Wildman–Crippen MR) is 97.7 cm³/mol. The maximum Gasteiger partial charge on any atom is 0.238 e. The Morgan fingerprint density at radius 3 is 2.71 bits per heavy atom. The number of carbonyl (C=O) groups is 1. The first-order chi connectivity index (χ1) is 11.5. The summed E-state index contributed by atoms with van der Waals surface area (Å²) in [6, 6.07) is 14.6. The van der Waals surface area contributed by atoms with Crippen LogP contribution in [0.4, 0.5) is 5.69 Å². The lowest BCUT2D eigenvalue weighted by Crippen LogP contribution is -2.30. The first-order valence-corrected chi connectivity index (χ1v) is 8.25. The molecule has 3 rings (SSSR count). The van der Waals surface area contributed by atoms with Gasteiger partial charge >= 0.3 is 0 Å². The van der Waals surface area contributed by atoms with Crippen molar-refractivity contribution in [2.24, 2.45) is 0 Å². The zero-order chi connectivity index (χ0) is 17.1. The molecule has 0 aliphatic carbocycles. The summed E-state index contributed by atoms with van der Waals surface area (Å²) in [5, 5.41) is 7.85. The molecule has 0 spiro atoms. The molecule has 3 aromatic rings. The molecule has 0 aliphatic rings. The Morgan fingerprint density at radius 2 is 1.96 bits per heavy atom. The van der Waals surface area contributed by atoms with Gasteiger partial charge in [0.2, 0.25) is 5.91 Å². The third-order valence-electron chi connectivity index (χ3n) is 3.65. The highest BCUT2D eigenvalue weighted by atomic mass is 35.5. The van der Waals surface area contributed by atoms with Crippen LogP contribution in [0.5, 0.6) is 0 Å². The van der Waals surface area contributed by atoms with Gasteiger partial charge < -0.3 is 9.73 Å². The lowest BCUT2D eigenvalue weighted by atomic mass is 10.2. The number of nitrogens with one attached hydrogen (secondary N) is 2. The van der Waals surface area contributed by atoms with Crippen LogP contribution in [0.15, 0.2) is 52.9 Å². The van der Waals surface area contributed by atoms with E-state index in [0.717, 1.165) is 16.7 Å². The number of carbonyl (C=O) groups excluding carboxylic acids is 1. The van der Waals surface area contributed by atoms with Crippen LogP contribution in [0.3, 0.4) is 0 Å². The van der Waals surface area contributed by atoms with Crippen LogP contribution in [0.25, 0.3) is 11.0 Å². The molecule has 24 heavy (non-hydrogen) atoms. The average Bonchev–Trinajstić information content (AvgIpc) is 2.99. The molecule has 0 aliphatic heterocycles. The zero-order valence-electron chi connectivity index (χ0n) is 13.0. The van der Waals surface area contributed by atoms with E-state index in [4.69, 9.17) is 27.6 Å². The fraction of sp³-hybridized carbons (Fsp3) is 0.167. The smallest absolute Gasteiger partial charge is 0.238 e. The molecule has 1 heterocycles. The summed E-state index contributed by atoms with van der Waals surface area (Å²) in [6.07, 6.45) is 0. The second-order valence-corrected chi connectivity index (χ2v) is 6.31. The highest BCUT2D eigenvalue weighted by Gasteiger charge is 2.13. The van der Waals surface area contributed by atoms with Gasteiger partial charge in [-0.15, -0.1) is 0 Å². The molecule has 1 atom stereocenters. The summed E-state index contributed by atoms with van der Waals surface area (Å²) in [5.41, 5.74) is 1.36. The fourth-order valence-electron chi connectivity index (χ4n) is 2.35. The van der Waals surface area contributed by atoms with Crippen molar-refractivity contribution in [3.05, 3.63) is 64.3 Å². The van der Waals surface area contributed by atoms with Crippen molar-refractivity contribution in [1.29, 1.82) is 0 Å². The summed E-state index contributed by atoms with van der Waals surface area (Å²) in [5.74, 6) is 0.593. The van der Waals surface area contributed by atoms with E-state index in [2.05, 4.69) is 10.6 Å². The summed E-state index contributed by atoms with van der Waals surface area (Å²) in [7, 11) is 0. The van der Waals surface area contributed by atoms with Gasteiger partial charge in [-0.05, 0) is 37.3 Å². The number of furan rings is 1. The first-order valence-electron chi connectivity index (χ1n) is 7.49. The van der Waals surface area contributed by atoms with E-state index in [1.807, 2.05) is 37.3 Å². The fourth-order valence-corrected chi connectivity index (χ4v) is 2.80. The van der Waals surface area contributed by atoms with Crippen molar-refractivity contribution in [2.45, 2.75) is 13.0 Å². The summed E-state index contributed by atoms with van der Waals surface area (Å²) < 4.78 is 5.78. The molecule has 2 N–H and O–H groups in total. The maximum atomic E-state index is 12.1. The Kier molecular flexibility index (Phi) is 5.09. The van der Waals surface area contributed by atoms with Crippen LogP contribution in [0.1, 0.15) is 18.7 Å². The predicted octanol–water partition coefficient (Wildman–Crippen LogP) is 5.03. The minimum Gasteiger partial charge on any atom is -0.459 e. The highest BCUT2D eigenvalue weighted by molar-refractivity contribution is 6.36. The van der Waals surface area contributed by atoms with Crippen molar-refractivity contribution in [3.8, 4) is 0 Å². The van der Waals surface area contributed by atoms with Crippen LogP contribution in [0.2, 0.25) is 10.0 Å². The maximum absolute atomic E-state index is 12.1. The molecule has 124 valence electrons. The zero-order valence-corrected chi connectivity index (χ0v) is 14.5. The Labute approximate surface area is 149 Å². The van der Waals surface area contributed by atoms with Gasteiger partial charge in [0.15, 0.2) is 0 Å².